The maximum Gasteiger partial charge on any atom is 0.255 e. The molecule has 2 amide bonds. The molecule has 6 heteroatoms. The second-order valence-corrected chi connectivity index (χ2v) is 6.78. The molecule has 1 fully saturated rings. The van der Waals surface area contributed by atoms with Crippen LogP contribution in [0.1, 0.15) is 34.1 Å². The lowest BCUT2D eigenvalue weighted by Crippen LogP contribution is -2.37. The molecule has 3 rings (SSSR count). The number of rotatable bonds is 4. The highest BCUT2D eigenvalue weighted by atomic mass is 35.5. The lowest BCUT2D eigenvalue weighted by atomic mass is 10.2. The van der Waals surface area contributed by atoms with Crippen LogP contribution in [0, 0.1) is 0 Å². The smallest absolute Gasteiger partial charge is 0.255 e. The number of ether oxygens (including phenoxy) is 1. The van der Waals surface area contributed by atoms with E-state index >= 15 is 0 Å². The number of amides is 2. The lowest BCUT2D eigenvalue weighted by Gasteiger charge is -2.22. The average Bonchev–Trinajstić information content (AvgIpc) is 2.94. The molecule has 0 N–H and O–H groups in total. The van der Waals surface area contributed by atoms with Crippen molar-refractivity contribution in [2.75, 3.05) is 32.8 Å². The predicted molar refractivity (Wildman–Crippen MR) is 105 cm³/mol. The highest BCUT2D eigenvalue weighted by molar-refractivity contribution is 6.33. The van der Waals surface area contributed by atoms with Crippen LogP contribution >= 0.6 is 11.6 Å². The molecule has 27 heavy (non-hydrogen) atoms. The van der Waals surface area contributed by atoms with Gasteiger partial charge < -0.3 is 14.5 Å². The molecule has 0 atom stereocenters. The van der Waals surface area contributed by atoms with E-state index in [0.29, 0.717) is 48.9 Å². The number of carbonyl (C=O) groups is 2. The first kappa shape index (κ1) is 19.2. The van der Waals surface area contributed by atoms with Crippen molar-refractivity contribution in [3.05, 3.63) is 64.7 Å². The van der Waals surface area contributed by atoms with Gasteiger partial charge in [0.1, 0.15) is 5.75 Å². The van der Waals surface area contributed by atoms with Gasteiger partial charge in [0.05, 0.1) is 17.2 Å². The average molecular weight is 387 g/mol. The summed E-state index contributed by atoms with van der Waals surface area (Å²) in [6.45, 7) is 4.74. The minimum atomic E-state index is -0.0871. The maximum absolute atomic E-state index is 12.8. The summed E-state index contributed by atoms with van der Waals surface area (Å²) in [5.74, 6) is 0.641. The van der Waals surface area contributed by atoms with Crippen molar-refractivity contribution < 1.29 is 14.3 Å². The van der Waals surface area contributed by atoms with E-state index in [1.54, 1.807) is 46.2 Å². The number of carbonyl (C=O) groups excluding carboxylic acids is 2. The minimum Gasteiger partial charge on any atom is -0.494 e. The molecule has 5 nitrogen and oxygen atoms in total. The Kier molecular flexibility index (Phi) is 6.35. The van der Waals surface area contributed by atoms with Gasteiger partial charge in [-0.15, -0.1) is 0 Å². The summed E-state index contributed by atoms with van der Waals surface area (Å²) < 4.78 is 5.42. The fourth-order valence-corrected chi connectivity index (χ4v) is 3.39. The molecular formula is C21H23ClN2O3. The van der Waals surface area contributed by atoms with Crippen molar-refractivity contribution in [3.8, 4) is 5.75 Å². The fraction of sp³-hybridized carbons (Fsp3) is 0.333. The van der Waals surface area contributed by atoms with E-state index < -0.39 is 0 Å². The highest BCUT2D eigenvalue weighted by Crippen LogP contribution is 2.19. The molecule has 0 aliphatic carbocycles. The van der Waals surface area contributed by atoms with Gasteiger partial charge in [-0.25, -0.2) is 0 Å². The Morgan fingerprint density at radius 3 is 2.19 bits per heavy atom. The van der Waals surface area contributed by atoms with E-state index in [0.717, 1.165) is 12.2 Å². The molecule has 0 unspecified atom stereocenters. The zero-order chi connectivity index (χ0) is 19.2. The van der Waals surface area contributed by atoms with Crippen molar-refractivity contribution in [2.24, 2.45) is 0 Å². The zero-order valence-corrected chi connectivity index (χ0v) is 16.1. The predicted octanol–water partition coefficient (Wildman–Crippen LogP) is 3.73. The van der Waals surface area contributed by atoms with Crippen LogP contribution in [-0.4, -0.2) is 54.4 Å². The van der Waals surface area contributed by atoms with Gasteiger partial charge in [0.15, 0.2) is 0 Å². The van der Waals surface area contributed by atoms with Gasteiger partial charge in [-0.2, -0.15) is 0 Å². The summed E-state index contributed by atoms with van der Waals surface area (Å²) in [6.07, 6.45) is 0.735. The van der Waals surface area contributed by atoms with Crippen LogP contribution in [0.5, 0.6) is 5.75 Å². The summed E-state index contributed by atoms with van der Waals surface area (Å²) in [7, 11) is 0. The summed E-state index contributed by atoms with van der Waals surface area (Å²) in [4.78, 5) is 29.1. The van der Waals surface area contributed by atoms with Gasteiger partial charge in [-0.1, -0.05) is 23.7 Å². The monoisotopic (exact) mass is 386 g/mol. The van der Waals surface area contributed by atoms with Gasteiger partial charge in [0.2, 0.25) is 0 Å². The summed E-state index contributed by atoms with van der Waals surface area (Å²) in [5.41, 5.74) is 1.13. The van der Waals surface area contributed by atoms with Gasteiger partial charge >= 0.3 is 0 Å². The zero-order valence-electron chi connectivity index (χ0n) is 15.4. The number of benzene rings is 2. The Hall–Kier alpha value is -2.53. The van der Waals surface area contributed by atoms with E-state index in [9.17, 15) is 9.59 Å². The number of hydrogen-bond donors (Lipinski definition) is 0. The topological polar surface area (TPSA) is 49.9 Å². The van der Waals surface area contributed by atoms with E-state index in [1.807, 2.05) is 19.1 Å². The quantitative estimate of drug-likeness (QED) is 0.804. The standard InChI is InChI=1S/C21H23ClN2O3/c1-2-27-17-10-8-16(9-11-17)20(25)23-12-5-13-24(15-14-23)21(26)18-6-3-4-7-19(18)22/h3-4,6-11H,2,5,12-15H2,1H3. The third kappa shape index (κ3) is 4.61. The molecular weight excluding hydrogens is 364 g/mol. The summed E-state index contributed by atoms with van der Waals surface area (Å²) in [6, 6.07) is 14.2. The van der Waals surface area contributed by atoms with Crippen LogP contribution in [0.3, 0.4) is 0 Å². The normalized spacial score (nSPS) is 14.6. The first-order chi connectivity index (χ1) is 13.1. The van der Waals surface area contributed by atoms with Crippen LogP contribution in [0.25, 0.3) is 0 Å². The van der Waals surface area contributed by atoms with Crippen LogP contribution in [0.15, 0.2) is 48.5 Å². The van der Waals surface area contributed by atoms with E-state index in [2.05, 4.69) is 0 Å². The fourth-order valence-electron chi connectivity index (χ4n) is 3.17. The molecule has 1 heterocycles. The molecule has 1 saturated heterocycles. The molecule has 142 valence electrons. The Bertz CT molecular complexity index is 807. The van der Waals surface area contributed by atoms with Crippen LogP contribution in [-0.2, 0) is 0 Å². The summed E-state index contributed by atoms with van der Waals surface area (Å²) >= 11 is 6.15. The molecule has 0 radical (unpaired) electrons. The molecule has 0 aromatic heterocycles. The van der Waals surface area contributed by atoms with E-state index in [1.165, 1.54) is 0 Å². The SMILES string of the molecule is CCOc1ccc(C(=O)N2CCCN(C(=O)c3ccccc3Cl)CC2)cc1. The van der Waals surface area contributed by atoms with Gasteiger partial charge in [-0.3, -0.25) is 9.59 Å². The minimum absolute atomic E-state index is 0.0231. The first-order valence-electron chi connectivity index (χ1n) is 9.16. The van der Waals surface area contributed by atoms with Crippen molar-refractivity contribution in [1.29, 1.82) is 0 Å². The highest BCUT2D eigenvalue weighted by Gasteiger charge is 2.24. The molecule has 0 spiro atoms. The second-order valence-electron chi connectivity index (χ2n) is 6.38. The van der Waals surface area contributed by atoms with Crippen molar-refractivity contribution in [1.82, 2.24) is 9.80 Å². The summed E-state index contributed by atoms with van der Waals surface area (Å²) in [5, 5.41) is 0.453. The van der Waals surface area contributed by atoms with E-state index in [4.69, 9.17) is 16.3 Å². The third-order valence-corrected chi connectivity index (χ3v) is 4.92. The first-order valence-corrected chi connectivity index (χ1v) is 9.54. The van der Waals surface area contributed by atoms with Gasteiger partial charge in [-0.05, 0) is 49.7 Å². The van der Waals surface area contributed by atoms with Gasteiger partial charge in [0.25, 0.3) is 11.8 Å². The molecule has 1 aliphatic rings. The molecule has 0 bridgehead atoms. The van der Waals surface area contributed by atoms with Crippen LogP contribution in [0.4, 0.5) is 0 Å². The van der Waals surface area contributed by atoms with Crippen LogP contribution in [0.2, 0.25) is 5.02 Å². The molecule has 2 aromatic carbocycles. The van der Waals surface area contributed by atoms with Crippen molar-refractivity contribution >= 4 is 23.4 Å². The maximum atomic E-state index is 12.8. The second kappa shape index (κ2) is 8.91. The molecule has 2 aromatic rings. The molecule has 0 saturated carbocycles. The molecule has 1 aliphatic heterocycles. The Morgan fingerprint density at radius 2 is 1.56 bits per heavy atom. The van der Waals surface area contributed by atoms with E-state index in [-0.39, 0.29) is 11.8 Å². The number of nitrogens with zero attached hydrogens (tertiary/aromatic N) is 2. The largest absolute Gasteiger partial charge is 0.494 e. The number of halogens is 1. The van der Waals surface area contributed by atoms with Crippen molar-refractivity contribution in [3.63, 3.8) is 0 Å². The Balaban J connectivity index is 1.65. The van der Waals surface area contributed by atoms with Crippen LogP contribution < -0.4 is 4.74 Å². The lowest BCUT2D eigenvalue weighted by molar-refractivity contribution is 0.0719. The Morgan fingerprint density at radius 1 is 0.926 bits per heavy atom. The van der Waals surface area contributed by atoms with Gasteiger partial charge in [0, 0.05) is 31.7 Å². The third-order valence-electron chi connectivity index (χ3n) is 4.59. The number of hydrogen-bond acceptors (Lipinski definition) is 3. The Labute approximate surface area is 164 Å². The van der Waals surface area contributed by atoms with Crippen molar-refractivity contribution in [2.45, 2.75) is 13.3 Å².